The maximum atomic E-state index is 7.43. The fourth-order valence-corrected chi connectivity index (χ4v) is 1.72. The summed E-state index contributed by atoms with van der Waals surface area (Å²) in [6, 6.07) is 8.32. The summed E-state index contributed by atoms with van der Waals surface area (Å²) in [4.78, 5) is 4.52. The van der Waals surface area contributed by atoms with Crippen molar-refractivity contribution < 1.29 is 0 Å². The van der Waals surface area contributed by atoms with E-state index >= 15 is 0 Å². The Morgan fingerprint density at radius 3 is 1.94 bits per heavy atom. The number of nitrogens with zero attached hydrogens (tertiary/aromatic N) is 1. The molecule has 0 radical (unpaired) electrons. The molecule has 1 aromatic carbocycles. The third kappa shape index (κ3) is 3.04. The summed E-state index contributed by atoms with van der Waals surface area (Å²) in [7, 11) is 0. The van der Waals surface area contributed by atoms with Gasteiger partial charge in [0.2, 0.25) is 0 Å². The van der Waals surface area contributed by atoms with E-state index in [9.17, 15) is 0 Å². The van der Waals surface area contributed by atoms with Gasteiger partial charge in [-0.25, -0.2) is 4.99 Å². The van der Waals surface area contributed by atoms with Gasteiger partial charge in [-0.3, -0.25) is 0 Å². The van der Waals surface area contributed by atoms with E-state index in [1.807, 2.05) is 24.3 Å². The summed E-state index contributed by atoms with van der Waals surface area (Å²) in [5, 5.41) is 7.43. The van der Waals surface area contributed by atoms with Crippen molar-refractivity contribution in [1.82, 2.24) is 0 Å². The van der Waals surface area contributed by atoms with Crippen LogP contribution in [0.15, 0.2) is 53.6 Å². The zero-order valence-corrected chi connectivity index (χ0v) is 11.1. The molecular formula is C16H18N2. The predicted molar refractivity (Wildman–Crippen MR) is 78.2 cm³/mol. The lowest BCUT2D eigenvalue weighted by Gasteiger charge is -2.18. The largest absolute Gasteiger partial charge is 0.301 e. The van der Waals surface area contributed by atoms with Crippen molar-refractivity contribution in [3.8, 4) is 0 Å². The summed E-state index contributed by atoms with van der Waals surface area (Å²) in [6.45, 7) is 6.60. The molecule has 0 amide bonds. The minimum Gasteiger partial charge on any atom is -0.301 e. The normalized spacial score (nSPS) is 15.1. The number of benzene rings is 1. The molecule has 0 saturated heterocycles. The van der Waals surface area contributed by atoms with Gasteiger partial charge in [0.15, 0.2) is 0 Å². The Labute approximate surface area is 108 Å². The first-order chi connectivity index (χ1) is 8.45. The van der Waals surface area contributed by atoms with Gasteiger partial charge in [-0.05, 0) is 47.4 Å². The highest BCUT2D eigenvalue weighted by Crippen LogP contribution is 2.24. The zero-order valence-electron chi connectivity index (χ0n) is 11.1. The number of hydrogen-bond acceptors (Lipinski definition) is 2. The molecular weight excluding hydrogens is 220 g/mol. The number of hydrogen-bond donors (Lipinski definition) is 1. The highest BCUT2D eigenvalue weighted by Gasteiger charge is 2.12. The fraction of sp³-hybridized carbons (Fsp3) is 0.250. The Morgan fingerprint density at radius 1 is 0.889 bits per heavy atom. The first-order valence-electron chi connectivity index (χ1n) is 6.09. The smallest absolute Gasteiger partial charge is 0.0638 e. The molecule has 0 atom stereocenters. The molecule has 2 nitrogen and oxygen atoms in total. The van der Waals surface area contributed by atoms with Crippen molar-refractivity contribution in [1.29, 1.82) is 5.41 Å². The van der Waals surface area contributed by atoms with Crippen LogP contribution < -0.4 is 0 Å². The van der Waals surface area contributed by atoms with Gasteiger partial charge in [0.25, 0.3) is 0 Å². The molecule has 0 saturated carbocycles. The zero-order chi connectivity index (χ0) is 13.2. The summed E-state index contributed by atoms with van der Waals surface area (Å²) < 4.78 is 0. The van der Waals surface area contributed by atoms with Crippen LogP contribution in [-0.4, -0.2) is 11.4 Å². The summed E-state index contributed by atoms with van der Waals surface area (Å²) in [5.41, 5.74) is 3.82. The predicted octanol–water partition coefficient (Wildman–Crippen LogP) is 4.20. The molecule has 0 spiro atoms. The number of allylic oxidation sites excluding steroid dienone is 4. The number of rotatable bonds is 1. The molecule has 92 valence electrons. The average Bonchev–Trinajstić information content (AvgIpc) is 2.32. The third-order valence-corrected chi connectivity index (χ3v) is 2.86. The lowest BCUT2D eigenvalue weighted by atomic mass is 9.87. The lowest BCUT2D eigenvalue weighted by molar-refractivity contribution is 0.590. The lowest BCUT2D eigenvalue weighted by Crippen LogP contribution is -2.10. The van der Waals surface area contributed by atoms with Crippen molar-refractivity contribution in [3.63, 3.8) is 0 Å². The summed E-state index contributed by atoms with van der Waals surface area (Å²) in [5.74, 6) is 0. The Kier molecular flexibility index (Phi) is 3.28. The standard InChI is InChI=1S/C16H18N2/c1-16(2,3)12-4-8-14(9-5-12)18-15-10-6-13(17)7-11-15/h4-11,17H,1-3H3. The van der Waals surface area contributed by atoms with Gasteiger partial charge in [-0.15, -0.1) is 0 Å². The molecule has 0 fully saturated rings. The van der Waals surface area contributed by atoms with Gasteiger partial charge in [0.1, 0.15) is 0 Å². The Hall–Kier alpha value is -1.96. The van der Waals surface area contributed by atoms with Crippen LogP contribution in [0.5, 0.6) is 0 Å². The van der Waals surface area contributed by atoms with E-state index in [4.69, 9.17) is 5.41 Å². The van der Waals surface area contributed by atoms with E-state index in [1.165, 1.54) is 5.56 Å². The Morgan fingerprint density at radius 2 is 1.44 bits per heavy atom. The first-order valence-corrected chi connectivity index (χ1v) is 6.09. The fourth-order valence-electron chi connectivity index (χ4n) is 1.72. The summed E-state index contributed by atoms with van der Waals surface area (Å²) >= 11 is 0. The molecule has 1 N–H and O–H groups in total. The SMILES string of the molecule is CC(C)(C)c1ccc(N=C2C=CC(=N)C=C2)cc1. The van der Waals surface area contributed by atoms with Gasteiger partial charge >= 0.3 is 0 Å². The van der Waals surface area contributed by atoms with Crippen LogP contribution in [0.25, 0.3) is 0 Å². The molecule has 1 aromatic rings. The second-order valence-corrected chi connectivity index (χ2v) is 5.46. The summed E-state index contributed by atoms with van der Waals surface area (Å²) in [6.07, 6.45) is 7.23. The quantitative estimate of drug-likeness (QED) is 0.712. The molecule has 0 heterocycles. The van der Waals surface area contributed by atoms with E-state index in [0.29, 0.717) is 5.71 Å². The van der Waals surface area contributed by atoms with Crippen molar-refractivity contribution in [2.75, 3.05) is 0 Å². The molecule has 0 aromatic heterocycles. The van der Waals surface area contributed by atoms with Crippen molar-refractivity contribution >= 4 is 17.1 Å². The number of aliphatic imine (C=N–C) groups is 1. The highest BCUT2D eigenvalue weighted by atomic mass is 14.7. The molecule has 0 bridgehead atoms. The minimum atomic E-state index is 0.172. The maximum Gasteiger partial charge on any atom is 0.0638 e. The second-order valence-electron chi connectivity index (χ2n) is 5.46. The Balaban J connectivity index is 2.21. The maximum absolute atomic E-state index is 7.43. The minimum absolute atomic E-state index is 0.172. The van der Waals surface area contributed by atoms with Crippen LogP contribution in [-0.2, 0) is 5.41 Å². The molecule has 2 heteroatoms. The molecule has 18 heavy (non-hydrogen) atoms. The van der Waals surface area contributed by atoms with Crippen molar-refractivity contribution in [2.24, 2.45) is 4.99 Å². The van der Waals surface area contributed by atoms with E-state index in [-0.39, 0.29) is 5.41 Å². The highest BCUT2D eigenvalue weighted by molar-refractivity contribution is 6.17. The first kappa shape index (κ1) is 12.5. The van der Waals surface area contributed by atoms with Crippen LogP contribution in [0.3, 0.4) is 0 Å². The van der Waals surface area contributed by atoms with Crippen LogP contribution >= 0.6 is 0 Å². The molecule has 0 unspecified atom stereocenters. The Bertz CT molecular complexity index is 519. The van der Waals surface area contributed by atoms with E-state index in [2.05, 4.69) is 37.9 Å². The van der Waals surface area contributed by atoms with Crippen LogP contribution in [0, 0.1) is 5.41 Å². The monoisotopic (exact) mass is 238 g/mol. The second kappa shape index (κ2) is 4.73. The van der Waals surface area contributed by atoms with Gasteiger partial charge in [0.05, 0.1) is 17.1 Å². The van der Waals surface area contributed by atoms with Crippen LogP contribution in [0.1, 0.15) is 26.3 Å². The molecule has 1 aliphatic carbocycles. The van der Waals surface area contributed by atoms with Gasteiger partial charge in [-0.1, -0.05) is 32.9 Å². The molecule has 1 aliphatic rings. The van der Waals surface area contributed by atoms with Gasteiger partial charge in [-0.2, -0.15) is 0 Å². The molecule has 0 aliphatic heterocycles. The van der Waals surface area contributed by atoms with Crippen LogP contribution in [0.4, 0.5) is 5.69 Å². The van der Waals surface area contributed by atoms with E-state index < -0.39 is 0 Å². The van der Waals surface area contributed by atoms with E-state index in [1.54, 1.807) is 12.2 Å². The van der Waals surface area contributed by atoms with Gasteiger partial charge < -0.3 is 5.41 Å². The van der Waals surface area contributed by atoms with Gasteiger partial charge in [0, 0.05) is 0 Å². The average molecular weight is 238 g/mol. The van der Waals surface area contributed by atoms with Crippen LogP contribution in [0.2, 0.25) is 0 Å². The topological polar surface area (TPSA) is 36.2 Å². The third-order valence-electron chi connectivity index (χ3n) is 2.86. The molecule has 2 rings (SSSR count). The van der Waals surface area contributed by atoms with E-state index in [0.717, 1.165) is 11.4 Å². The number of nitrogens with one attached hydrogen (secondary N) is 1. The van der Waals surface area contributed by atoms with Crippen molar-refractivity contribution in [3.05, 3.63) is 54.1 Å². The van der Waals surface area contributed by atoms with Crippen molar-refractivity contribution in [2.45, 2.75) is 26.2 Å².